The minimum atomic E-state index is -5.10. The number of hydrogen-bond acceptors (Lipinski definition) is 3. The zero-order valence-corrected chi connectivity index (χ0v) is 15.4. The molecule has 0 radical (unpaired) electrons. The number of alkyl halides is 6. The molecule has 5 nitrogen and oxygen atoms in total. The minimum absolute atomic E-state index is 0.0832. The summed E-state index contributed by atoms with van der Waals surface area (Å²) in [5.41, 5.74) is -4.53. The van der Waals surface area contributed by atoms with Crippen LogP contribution >= 0.6 is 0 Å². The van der Waals surface area contributed by atoms with Gasteiger partial charge in [-0.2, -0.15) is 26.3 Å². The summed E-state index contributed by atoms with van der Waals surface area (Å²) in [6.07, 6.45) is -9.74. The van der Waals surface area contributed by atoms with Crippen LogP contribution < -0.4 is 10.9 Å². The van der Waals surface area contributed by atoms with E-state index in [9.17, 15) is 41.0 Å². The van der Waals surface area contributed by atoms with Crippen molar-refractivity contribution in [2.24, 2.45) is 0 Å². The van der Waals surface area contributed by atoms with Gasteiger partial charge in [0.15, 0.2) is 0 Å². The molecule has 2 aromatic carbocycles. The molecule has 1 aromatic heterocycles. The molecule has 2 N–H and O–H groups in total. The number of pyridine rings is 1. The number of hydrogen-bond donors (Lipinski definition) is 2. The molecular weight excluding hydrogens is 430 g/mol. The molecule has 0 aliphatic carbocycles. The second kappa shape index (κ2) is 6.76. The van der Waals surface area contributed by atoms with Gasteiger partial charge in [-0.15, -0.1) is 0 Å². The first-order valence-electron chi connectivity index (χ1n) is 8.86. The summed E-state index contributed by atoms with van der Waals surface area (Å²) in [6.45, 7) is 0.219. The maximum Gasteiger partial charge on any atom is 0.416 e. The SMILES string of the molecule is O=C(Nc1cc(C(F)(F)F)cc(C(F)(F)F)c1)c1c(O)c2cccc3c2n(c1=O)CC3. The van der Waals surface area contributed by atoms with Crippen LogP contribution in [0.2, 0.25) is 0 Å². The monoisotopic (exact) mass is 442 g/mol. The van der Waals surface area contributed by atoms with Crippen molar-refractivity contribution in [3.8, 4) is 5.75 Å². The van der Waals surface area contributed by atoms with Crippen molar-refractivity contribution in [3.05, 3.63) is 69.0 Å². The maximum absolute atomic E-state index is 13.0. The number of nitrogens with zero attached hydrogens (tertiary/aromatic N) is 1. The molecular formula is C20H12F6N2O3. The summed E-state index contributed by atoms with van der Waals surface area (Å²) in [5, 5.41) is 12.6. The number of carbonyl (C=O) groups excluding carboxylic acids is 1. The maximum atomic E-state index is 13.0. The molecule has 0 saturated heterocycles. The standard InChI is InChI=1S/C20H12F6N2O3/c21-19(22,23)10-6-11(20(24,25)26)8-12(7-10)27-17(30)14-16(29)13-3-1-2-9-4-5-28(15(9)13)18(14)31/h1-3,6-8,29H,4-5H2,(H,27,30). The predicted octanol–water partition coefficient (Wildman–Crippen LogP) is 4.55. The first kappa shape index (κ1) is 20.8. The zero-order chi connectivity index (χ0) is 22.7. The Morgan fingerprint density at radius 3 is 2.19 bits per heavy atom. The average Bonchev–Trinajstić information content (AvgIpc) is 3.10. The van der Waals surface area contributed by atoms with Crippen LogP contribution in [0.4, 0.5) is 32.0 Å². The smallest absolute Gasteiger partial charge is 0.416 e. The summed E-state index contributed by atoms with van der Waals surface area (Å²) in [5.74, 6) is -2.02. The van der Waals surface area contributed by atoms with Gasteiger partial charge in [0.25, 0.3) is 11.5 Å². The number of halogens is 6. The lowest BCUT2D eigenvalue weighted by molar-refractivity contribution is -0.143. The number of aryl methyl sites for hydroxylation is 2. The van der Waals surface area contributed by atoms with Crippen LogP contribution in [0, 0.1) is 0 Å². The highest BCUT2D eigenvalue weighted by Gasteiger charge is 2.37. The summed E-state index contributed by atoms with van der Waals surface area (Å²) in [7, 11) is 0. The molecule has 0 saturated carbocycles. The molecule has 0 bridgehead atoms. The number of aromatic nitrogens is 1. The van der Waals surface area contributed by atoms with Crippen LogP contribution in [0.1, 0.15) is 27.0 Å². The molecule has 2 heterocycles. The van der Waals surface area contributed by atoms with E-state index in [1.54, 1.807) is 12.1 Å². The Balaban J connectivity index is 1.82. The molecule has 1 amide bonds. The van der Waals surface area contributed by atoms with Crippen molar-refractivity contribution in [1.82, 2.24) is 4.57 Å². The number of aromatic hydroxyl groups is 1. The van der Waals surface area contributed by atoms with Gasteiger partial charge in [-0.05, 0) is 36.2 Å². The molecule has 0 unspecified atom stereocenters. The first-order chi connectivity index (χ1) is 14.4. The lowest BCUT2D eigenvalue weighted by atomic mass is 10.1. The third-order valence-electron chi connectivity index (χ3n) is 5.02. The van der Waals surface area contributed by atoms with E-state index in [-0.39, 0.29) is 18.0 Å². The fourth-order valence-electron chi connectivity index (χ4n) is 3.65. The van der Waals surface area contributed by atoms with Gasteiger partial charge < -0.3 is 15.0 Å². The Morgan fingerprint density at radius 1 is 1.00 bits per heavy atom. The molecule has 31 heavy (non-hydrogen) atoms. The highest BCUT2D eigenvalue weighted by Crippen LogP contribution is 2.38. The normalized spacial score (nSPS) is 13.6. The largest absolute Gasteiger partial charge is 0.506 e. The molecule has 3 aromatic rings. The lowest BCUT2D eigenvalue weighted by Crippen LogP contribution is -2.28. The Bertz CT molecular complexity index is 1260. The van der Waals surface area contributed by atoms with E-state index in [1.807, 2.05) is 5.32 Å². The average molecular weight is 442 g/mol. The van der Waals surface area contributed by atoms with Gasteiger partial charge in [0.1, 0.15) is 11.3 Å². The topological polar surface area (TPSA) is 71.3 Å². The summed E-state index contributed by atoms with van der Waals surface area (Å²) in [4.78, 5) is 25.4. The number of benzene rings is 2. The molecule has 0 atom stereocenters. The molecule has 1 aliphatic heterocycles. The van der Waals surface area contributed by atoms with Crippen molar-refractivity contribution in [3.63, 3.8) is 0 Å². The van der Waals surface area contributed by atoms with Crippen molar-refractivity contribution in [2.75, 3.05) is 5.32 Å². The van der Waals surface area contributed by atoms with Crippen LogP contribution in [-0.4, -0.2) is 15.6 Å². The van der Waals surface area contributed by atoms with Crippen LogP contribution in [0.3, 0.4) is 0 Å². The molecule has 11 heteroatoms. The molecule has 0 fully saturated rings. The fourth-order valence-corrected chi connectivity index (χ4v) is 3.65. The number of nitrogens with one attached hydrogen (secondary N) is 1. The molecule has 1 aliphatic rings. The summed E-state index contributed by atoms with van der Waals surface area (Å²) < 4.78 is 79.4. The highest BCUT2D eigenvalue weighted by molar-refractivity contribution is 6.09. The second-order valence-electron chi connectivity index (χ2n) is 6.99. The molecule has 0 spiro atoms. The molecule has 4 rings (SSSR count). The minimum Gasteiger partial charge on any atom is -0.506 e. The van der Waals surface area contributed by atoms with Gasteiger partial charge in [-0.25, -0.2) is 0 Å². The van der Waals surface area contributed by atoms with Gasteiger partial charge in [-0.3, -0.25) is 9.59 Å². The van der Waals surface area contributed by atoms with Crippen molar-refractivity contribution >= 4 is 22.5 Å². The third-order valence-corrected chi connectivity index (χ3v) is 5.02. The number of rotatable bonds is 2. The van der Waals surface area contributed by atoms with Gasteiger partial charge >= 0.3 is 12.4 Å². The van der Waals surface area contributed by atoms with Crippen LogP contribution in [-0.2, 0) is 25.3 Å². The van der Waals surface area contributed by atoms with Gasteiger partial charge in [0, 0.05) is 17.6 Å². The predicted molar refractivity (Wildman–Crippen MR) is 98.0 cm³/mol. The van der Waals surface area contributed by atoms with E-state index in [4.69, 9.17) is 0 Å². The van der Waals surface area contributed by atoms with E-state index in [0.29, 0.717) is 24.1 Å². The quantitative estimate of drug-likeness (QED) is 0.572. The highest BCUT2D eigenvalue weighted by atomic mass is 19.4. The van der Waals surface area contributed by atoms with E-state index in [1.165, 1.54) is 10.6 Å². The lowest BCUT2D eigenvalue weighted by Gasteiger charge is -2.15. The van der Waals surface area contributed by atoms with Crippen molar-refractivity contribution in [1.29, 1.82) is 0 Å². The first-order valence-corrected chi connectivity index (χ1v) is 8.86. The molecule has 162 valence electrons. The van der Waals surface area contributed by atoms with Crippen LogP contribution in [0.25, 0.3) is 10.9 Å². The fraction of sp³-hybridized carbons (Fsp3) is 0.200. The van der Waals surface area contributed by atoms with Crippen molar-refractivity contribution < 1.29 is 36.2 Å². The van der Waals surface area contributed by atoms with E-state index >= 15 is 0 Å². The van der Waals surface area contributed by atoms with Crippen LogP contribution in [0.15, 0.2) is 41.2 Å². The van der Waals surface area contributed by atoms with Crippen molar-refractivity contribution in [2.45, 2.75) is 25.3 Å². The second-order valence-corrected chi connectivity index (χ2v) is 6.99. The Morgan fingerprint density at radius 2 is 1.61 bits per heavy atom. The van der Waals surface area contributed by atoms with Gasteiger partial charge in [0.05, 0.1) is 16.6 Å². The Labute approximate surface area is 169 Å². The van der Waals surface area contributed by atoms with Crippen LogP contribution in [0.5, 0.6) is 5.75 Å². The summed E-state index contributed by atoms with van der Waals surface area (Å²) >= 11 is 0. The Kier molecular flexibility index (Phi) is 4.52. The number of anilines is 1. The zero-order valence-electron chi connectivity index (χ0n) is 15.4. The van der Waals surface area contributed by atoms with Gasteiger partial charge in [0.2, 0.25) is 0 Å². The summed E-state index contributed by atoms with van der Waals surface area (Å²) in [6, 6.07) is 5.35. The van der Waals surface area contributed by atoms with E-state index in [2.05, 4.69) is 0 Å². The number of carbonyl (C=O) groups is 1. The van der Waals surface area contributed by atoms with Gasteiger partial charge in [-0.1, -0.05) is 12.1 Å². The number of para-hydroxylation sites is 1. The van der Waals surface area contributed by atoms with E-state index in [0.717, 1.165) is 5.56 Å². The third kappa shape index (κ3) is 3.49. The number of amides is 1. The Hall–Kier alpha value is -3.50. The van der Waals surface area contributed by atoms with E-state index < -0.39 is 51.9 Å².